The van der Waals surface area contributed by atoms with Crippen LogP contribution in [0.3, 0.4) is 0 Å². The Morgan fingerprint density at radius 2 is 1.84 bits per heavy atom. The van der Waals surface area contributed by atoms with Gasteiger partial charge in [0.2, 0.25) is 0 Å². The van der Waals surface area contributed by atoms with E-state index < -0.39 is 0 Å². The summed E-state index contributed by atoms with van der Waals surface area (Å²) in [6.45, 7) is 13.2. The highest BCUT2D eigenvalue weighted by molar-refractivity contribution is 5.48. The third kappa shape index (κ3) is 3.60. The molecule has 1 N–H and O–H groups in total. The average molecular weight is 263 g/mol. The lowest BCUT2D eigenvalue weighted by Gasteiger charge is -2.47. The first-order chi connectivity index (χ1) is 8.81. The van der Waals surface area contributed by atoms with Gasteiger partial charge in [-0.25, -0.2) is 4.98 Å². The first-order valence-corrected chi connectivity index (χ1v) is 6.97. The normalized spacial score (nSPS) is 21.2. The zero-order valence-corrected chi connectivity index (χ0v) is 12.7. The predicted molar refractivity (Wildman–Crippen MR) is 79.9 cm³/mol. The van der Waals surface area contributed by atoms with Gasteiger partial charge in [0.1, 0.15) is 11.6 Å². The van der Waals surface area contributed by atoms with Gasteiger partial charge in [-0.2, -0.15) is 0 Å². The Morgan fingerprint density at radius 1 is 1.21 bits per heavy atom. The molecule has 0 radical (unpaired) electrons. The summed E-state index contributed by atoms with van der Waals surface area (Å²) in [6, 6.07) is 6.12. The summed E-state index contributed by atoms with van der Waals surface area (Å²) in [6.07, 6.45) is 0. The number of nitrogens with zero attached hydrogens (tertiary/aromatic N) is 2. The van der Waals surface area contributed by atoms with E-state index in [4.69, 9.17) is 4.74 Å². The van der Waals surface area contributed by atoms with E-state index in [1.54, 1.807) is 0 Å². The number of morpholine rings is 1. The molecule has 0 bridgehead atoms. The summed E-state index contributed by atoms with van der Waals surface area (Å²) >= 11 is 0. The van der Waals surface area contributed by atoms with Crippen LogP contribution in [0.15, 0.2) is 18.2 Å². The summed E-state index contributed by atoms with van der Waals surface area (Å²) in [7, 11) is 0. The molecule has 0 aliphatic carbocycles. The highest BCUT2D eigenvalue weighted by atomic mass is 16.5. The minimum atomic E-state index is -0.155. The first kappa shape index (κ1) is 14.1. The van der Waals surface area contributed by atoms with Crippen molar-refractivity contribution in [2.45, 2.75) is 45.8 Å². The summed E-state index contributed by atoms with van der Waals surface area (Å²) < 4.78 is 6.11. The van der Waals surface area contributed by atoms with Crippen molar-refractivity contribution in [2.24, 2.45) is 0 Å². The summed E-state index contributed by atoms with van der Waals surface area (Å²) in [5, 5.41) is 3.26. The number of rotatable bonds is 3. The quantitative estimate of drug-likeness (QED) is 0.910. The van der Waals surface area contributed by atoms with Crippen LogP contribution in [0.25, 0.3) is 0 Å². The molecular formula is C15H25N3O. The molecule has 106 valence electrons. The Hall–Kier alpha value is -1.29. The Morgan fingerprint density at radius 3 is 2.42 bits per heavy atom. The molecule has 1 aromatic rings. The zero-order valence-electron chi connectivity index (χ0n) is 12.7. The number of pyridine rings is 1. The molecule has 1 aliphatic rings. The third-order valence-electron chi connectivity index (χ3n) is 3.11. The Labute approximate surface area is 116 Å². The number of hydrogen-bond acceptors (Lipinski definition) is 4. The lowest BCUT2D eigenvalue weighted by Crippen LogP contribution is -2.57. The van der Waals surface area contributed by atoms with Crippen molar-refractivity contribution in [3.8, 4) is 0 Å². The van der Waals surface area contributed by atoms with Crippen molar-refractivity contribution < 1.29 is 4.74 Å². The number of aromatic nitrogens is 1. The van der Waals surface area contributed by atoms with Crippen molar-refractivity contribution in [1.82, 2.24) is 4.98 Å². The predicted octanol–water partition coefficient (Wildman–Crippen LogP) is 2.91. The van der Waals surface area contributed by atoms with E-state index >= 15 is 0 Å². The largest absolute Gasteiger partial charge is 0.370 e. The van der Waals surface area contributed by atoms with E-state index in [0.717, 1.165) is 31.3 Å². The van der Waals surface area contributed by atoms with Gasteiger partial charge in [0, 0.05) is 19.6 Å². The minimum absolute atomic E-state index is 0.155. The van der Waals surface area contributed by atoms with Crippen LogP contribution in [0, 0.1) is 0 Å². The van der Waals surface area contributed by atoms with Gasteiger partial charge in [-0.15, -0.1) is 0 Å². The maximum atomic E-state index is 6.11. The fraction of sp³-hybridized carbons (Fsp3) is 0.667. The lowest BCUT2D eigenvalue weighted by molar-refractivity contribution is -0.133. The van der Waals surface area contributed by atoms with Gasteiger partial charge in [-0.05, 0) is 46.8 Å². The number of anilines is 2. The maximum absolute atomic E-state index is 6.11. The topological polar surface area (TPSA) is 37.4 Å². The molecule has 1 aromatic heterocycles. The second kappa shape index (κ2) is 5.00. The maximum Gasteiger partial charge on any atom is 0.131 e. The van der Waals surface area contributed by atoms with E-state index in [9.17, 15) is 0 Å². The van der Waals surface area contributed by atoms with Gasteiger partial charge < -0.3 is 15.0 Å². The van der Waals surface area contributed by atoms with Crippen LogP contribution in [0.1, 0.15) is 34.6 Å². The second-order valence-electron chi connectivity index (χ2n) is 6.39. The van der Waals surface area contributed by atoms with Crippen molar-refractivity contribution in [3.05, 3.63) is 18.2 Å². The van der Waals surface area contributed by atoms with Crippen LogP contribution >= 0.6 is 0 Å². The molecule has 0 spiro atoms. The van der Waals surface area contributed by atoms with E-state index in [2.05, 4.69) is 62.0 Å². The third-order valence-corrected chi connectivity index (χ3v) is 3.11. The monoisotopic (exact) mass is 263 g/mol. The summed E-state index contributed by atoms with van der Waals surface area (Å²) in [5.74, 6) is 1.95. The molecule has 0 saturated carbocycles. The molecule has 2 heterocycles. The van der Waals surface area contributed by atoms with Crippen LogP contribution in [-0.2, 0) is 4.74 Å². The van der Waals surface area contributed by atoms with Crippen LogP contribution in [-0.4, -0.2) is 35.8 Å². The molecule has 1 fully saturated rings. The fourth-order valence-electron chi connectivity index (χ4n) is 2.83. The standard InChI is InChI=1S/C15H25N3O/c1-6-16-12-8-7-9-13(17-12)18-10-14(2,3)19-15(4,5)11-18/h7-9H,6,10-11H2,1-5H3,(H,16,17). The molecule has 2 rings (SSSR count). The zero-order chi connectivity index (χ0) is 14.1. The lowest BCUT2D eigenvalue weighted by atomic mass is 9.99. The minimum Gasteiger partial charge on any atom is -0.370 e. The van der Waals surface area contributed by atoms with Crippen LogP contribution in [0.4, 0.5) is 11.6 Å². The number of nitrogens with one attached hydrogen (secondary N) is 1. The molecule has 0 amide bonds. The highest BCUT2D eigenvalue weighted by Gasteiger charge is 2.38. The molecule has 1 saturated heterocycles. The van der Waals surface area contributed by atoms with E-state index in [1.165, 1.54) is 0 Å². The van der Waals surface area contributed by atoms with Gasteiger partial charge in [0.05, 0.1) is 11.2 Å². The SMILES string of the molecule is CCNc1cccc(N2CC(C)(C)OC(C)(C)C2)n1. The van der Waals surface area contributed by atoms with Crippen molar-refractivity contribution in [1.29, 1.82) is 0 Å². The van der Waals surface area contributed by atoms with E-state index in [1.807, 2.05) is 6.07 Å². The number of hydrogen-bond donors (Lipinski definition) is 1. The highest BCUT2D eigenvalue weighted by Crippen LogP contribution is 2.30. The summed E-state index contributed by atoms with van der Waals surface area (Å²) in [5.41, 5.74) is -0.310. The second-order valence-corrected chi connectivity index (χ2v) is 6.39. The van der Waals surface area contributed by atoms with Gasteiger partial charge in [0.15, 0.2) is 0 Å². The molecule has 0 aromatic carbocycles. The van der Waals surface area contributed by atoms with Crippen LogP contribution in [0.5, 0.6) is 0 Å². The molecule has 1 aliphatic heterocycles. The first-order valence-electron chi connectivity index (χ1n) is 6.97. The van der Waals surface area contributed by atoms with Crippen LogP contribution < -0.4 is 10.2 Å². The van der Waals surface area contributed by atoms with Gasteiger partial charge >= 0.3 is 0 Å². The van der Waals surface area contributed by atoms with E-state index in [-0.39, 0.29) is 11.2 Å². The molecule has 19 heavy (non-hydrogen) atoms. The molecule has 0 unspecified atom stereocenters. The Balaban J connectivity index is 2.23. The van der Waals surface area contributed by atoms with Gasteiger partial charge in [-0.3, -0.25) is 0 Å². The van der Waals surface area contributed by atoms with Crippen molar-refractivity contribution in [2.75, 3.05) is 29.9 Å². The van der Waals surface area contributed by atoms with Crippen molar-refractivity contribution in [3.63, 3.8) is 0 Å². The van der Waals surface area contributed by atoms with E-state index in [0.29, 0.717) is 0 Å². The Bertz CT molecular complexity index is 427. The Kier molecular flexibility index (Phi) is 3.72. The smallest absolute Gasteiger partial charge is 0.131 e. The molecule has 0 atom stereocenters. The van der Waals surface area contributed by atoms with Crippen molar-refractivity contribution >= 4 is 11.6 Å². The van der Waals surface area contributed by atoms with Crippen LogP contribution in [0.2, 0.25) is 0 Å². The fourth-order valence-corrected chi connectivity index (χ4v) is 2.83. The average Bonchev–Trinajstić information content (AvgIpc) is 2.25. The van der Waals surface area contributed by atoms with Gasteiger partial charge in [0.25, 0.3) is 0 Å². The number of ether oxygens (including phenoxy) is 1. The molecular weight excluding hydrogens is 238 g/mol. The molecule has 4 nitrogen and oxygen atoms in total. The summed E-state index contributed by atoms with van der Waals surface area (Å²) in [4.78, 5) is 6.99. The van der Waals surface area contributed by atoms with Gasteiger partial charge in [-0.1, -0.05) is 6.07 Å². The molecule has 4 heteroatoms.